The van der Waals surface area contributed by atoms with Crippen molar-refractivity contribution in [2.45, 2.75) is 0 Å². The zero-order chi connectivity index (χ0) is 45.2. The van der Waals surface area contributed by atoms with E-state index in [-0.39, 0.29) is 0 Å². The Morgan fingerprint density at radius 1 is 0.290 bits per heavy atom. The van der Waals surface area contributed by atoms with Crippen LogP contribution in [0.5, 0.6) is 0 Å². The molecule has 15 rings (SSSR count). The van der Waals surface area contributed by atoms with Crippen molar-refractivity contribution < 1.29 is 4.42 Å². The average Bonchev–Trinajstić information content (AvgIpc) is 4.06. The number of benzene rings is 11. The molecule has 15 aromatic rings. The van der Waals surface area contributed by atoms with Crippen LogP contribution in [0.3, 0.4) is 0 Å². The molecule has 0 unspecified atom stereocenters. The van der Waals surface area contributed by atoms with E-state index in [0.29, 0.717) is 17.5 Å². The van der Waals surface area contributed by atoms with E-state index in [1.165, 1.54) is 21.5 Å². The summed E-state index contributed by atoms with van der Waals surface area (Å²) in [5.74, 6) is 1.73. The second kappa shape index (κ2) is 14.6. The van der Waals surface area contributed by atoms with E-state index in [0.717, 1.165) is 104 Å². The lowest BCUT2D eigenvalue weighted by Gasteiger charge is -2.14. The van der Waals surface area contributed by atoms with Crippen LogP contribution in [-0.2, 0) is 0 Å². The smallest absolute Gasteiger partial charge is 0.164 e. The fourth-order valence-electron chi connectivity index (χ4n) is 11.0. The molecule has 0 aliphatic carbocycles. The van der Waals surface area contributed by atoms with Gasteiger partial charge in [-0.25, -0.2) is 15.0 Å². The minimum atomic E-state index is 0.556. The lowest BCUT2D eigenvalue weighted by molar-refractivity contribution is 0.669. The molecular weight excluding hydrogens is 843 g/mol. The molecule has 0 radical (unpaired) electrons. The van der Waals surface area contributed by atoms with Gasteiger partial charge in [-0.2, -0.15) is 0 Å². The molecule has 0 spiro atoms. The third-order valence-corrected chi connectivity index (χ3v) is 14.1. The minimum absolute atomic E-state index is 0.556. The highest BCUT2D eigenvalue weighted by Gasteiger charge is 2.24. The van der Waals surface area contributed by atoms with Gasteiger partial charge in [-0.3, -0.25) is 0 Å². The summed E-state index contributed by atoms with van der Waals surface area (Å²) in [6.07, 6.45) is 0. The summed E-state index contributed by atoms with van der Waals surface area (Å²) < 4.78 is 11.7. The van der Waals surface area contributed by atoms with Crippen molar-refractivity contribution in [2.24, 2.45) is 0 Å². The topological polar surface area (TPSA) is 61.7 Å². The predicted octanol–water partition coefficient (Wildman–Crippen LogP) is 16.4. The van der Waals surface area contributed by atoms with Gasteiger partial charge < -0.3 is 13.6 Å². The fraction of sp³-hybridized carbons (Fsp3) is 0. The standard InChI is InChI=1S/C63H37N5O/c1-2-21-45(22-3-1)67-54-27-13-11-24-48(54)59-49(25-14-28-55(59)67)62-64-61(44-30-29-38-15-4-5-16-39(38)31-44)65-63(66-62)52-36-46(37-58-60(52)51-33-41-18-7-9-20-43(41)35-57(51)69-58)68-53-26-12-10-23-47(53)50-32-40-17-6-8-19-42(40)34-56(50)68/h1-37H. The van der Waals surface area contributed by atoms with Crippen LogP contribution in [0, 0.1) is 0 Å². The molecule has 0 amide bonds. The minimum Gasteiger partial charge on any atom is -0.456 e. The molecule has 6 heteroatoms. The van der Waals surface area contributed by atoms with Crippen LogP contribution in [0.25, 0.3) is 143 Å². The summed E-state index contributed by atoms with van der Waals surface area (Å²) in [4.78, 5) is 16.6. The molecule has 0 aliphatic rings. The molecule has 4 heterocycles. The zero-order valence-corrected chi connectivity index (χ0v) is 37.0. The second-order valence-corrected chi connectivity index (χ2v) is 18.0. The summed E-state index contributed by atoms with van der Waals surface area (Å²) in [7, 11) is 0. The van der Waals surface area contributed by atoms with Crippen molar-refractivity contribution in [2.75, 3.05) is 0 Å². The Kier molecular flexibility index (Phi) is 7.97. The first kappa shape index (κ1) is 37.8. The van der Waals surface area contributed by atoms with Gasteiger partial charge in [0.2, 0.25) is 0 Å². The van der Waals surface area contributed by atoms with Crippen molar-refractivity contribution in [3.05, 3.63) is 224 Å². The van der Waals surface area contributed by atoms with Crippen LogP contribution in [0.1, 0.15) is 0 Å². The molecule has 11 aromatic carbocycles. The number of para-hydroxylation sites is 3. The normalized spacial score (nSPS) is 12.1. The van der Waals surface area contributed by atoms with Gasteiger partial charge in [-0.1, -0.05) is 152 Å². The molecule has 4 aromatic heterocycles. The Labute approximate surface area is 394 Å². The Balaban J connectivity index is 1.07. The third-order valence-electron chi connectivity index (χ3n) is 14.1. The number of rotatable bonds is 5. The van der Waals surface area contributed by atoms with Gasteiger partial charge in [-0.05, 0) is 99.0 Å². The van der Waals surface area contributed by atoms with Crippen molar-refractivity contribution in [1.29, 1.82) is 0 Å². The monoisotopic (exact) mass is 879 g/mol. The SMILES string of the molecule is c1ccc(-n2c3ccccc3c3c(-c4nc(-c5ccc6ccccc6c5)nc(-c5cc(-n6c7ccccc7c7cc8ccccc8cc76)cc6oc7cc8ccccc8cc7c56)n4)cccc32)cc1. The van der Waals surface area contributed by atoms with Gasteiger partial charge in [0.25, 0.3) is 0 Å². The molecule has 0 bridgehead atoms. The molecule has 0 saturated heterocycles. The first-order chi connectivity index (χ1) is 34.2. The van der Waals surface area contributed by atoms with E-state index in [1.54, 1.807) is 0 Å². The number of hydrogen-bond acceptors (Lipinski definition) is 4. The number of fused-ring (bicyclic) bond motifs is 12. The van der Waals surface area contributed by atoms with E-state index >= 15 is 0 Å². The van der Waals surface area contributed by atoms with Gasteiger partial charge in [0.1, 0.15) is 11.2 Å². The van der Waals surface area contributed by atoms with Crippen LogP contribution >= 0.6 is 0 Å². The highest BCUT2D eigenvalue weighted by atomic mass is 16.3. The summed E-state index contributed by atoms with van der Waals surface area (Å²) in [5, 5.41) is 13.4. The largest absolute Gasteiger partial charge is 0.456 e. The summed E-state index contributed by atoms with van der Waals surface area (Å²) in [6, 6.07) is 79.8. The average molecular weight is 880 g/mol. The number of hydrogen-bond donors (Lipinski definition) is 0. The predicted molar refractivity (Wildman–Crippen MR) is 285 cm³/mol. The van der Waals surface area contributed by atoms with Crippen LogP contribution in [0.4, 0.5) is 0 Å². The summed E-state index contributed by atoms with van der Waals surface area (Å²) in [6.45, 7) is 0. The van der Waals surface area contributed by atoms with Crippen molar-refractivity contribution in [3.8, 4) is 45.5 Å². The van der Waals surface area contributed by atoms with Gasteiger partial charge in [-0.15, -0.1) is 0 Å². The van der Waals surface area contributed by atoms with Gasteiger partial charge in [0.15, 0.2) is 17.5 Å². The summed E-state index contributed by atoms with van der Waals surface area (Å²) in [5.41, 5.74) is 10.7. The van der Waals surface area contributed by atoms with Crippen molar-refractivity contribution in [1.82, 2.24) is 24.1 Å². The molecular formula is C63H37N5O. The molecule has 320 valence electrons. The number of furan rings is 1. The molecule has 6 nitrogen and oxygen atoms in total. The first-order valence-corrected chi connectivity index (χ1v) is 23.3. The Hall–Kier alpha value is -9.39. The first-order valence-electron chi connectivity index (χ1n) is 23.3. The Bertz CT molecular complexity index is 4620. The molecule has 0 aliphatic heterocycles. The van der Waals surface area contributed by atoms with Gasteiger partial charge in [0.05, 0.1) is 27.8 Å². The van der Waals surface area contributed by atoms with E-state index in [9.17, 15) is 0 Å². The van der Waals surface area contributed by atoms with Gasteiger partial charge in [0, 0.05) is 60.8 Å². The lowest BCUT2D eigenvalue weighted by Crippen LogP contribution is -2.02. The van der Waals surface area contributed by atoms with Crippen molar-refractivity contribution >= 4 is 97.9 Å². The molecule has 69 heavy (non-hydrogen) atoms. The lowest BCUT2D eigenvalue weighted by atomic mass is 10.0. The van der Waals surface area contributed by atoms with E-state index in [4.69, 9.17) is 19.4 Å². The highest BCUT2D eigenvalue weighted by Crippen LogP contribution is 2.44. The van der Waals surface area contributed by atoms with E-state index in [2.05, 4.69) is 234 Å². The molecule has 0 atom stereocenters. The quantitative estimate of drug-likeness (QED) is 0.173. The molecule has 0 saturated carbocycles. The Morgan fingerprint density at radius 2 is 0.855 bits per heavy atom. The maximum Gasteiger partial charge on any atom is 0.164 e. The van der Waals surface area contributed by atoms with Crippen molar-refractivity contribution in [3.63, 3.8) is 0 Å². The maximum absolute atomic E-state index is 7.00. The second-order valence-electron chi connectivity index (χ2n) is 18.0. The molecule has 0 N–H and O–H groups in total. The number of aromatic nitrogens is 5. The van der Waals surface area contributed by atoms with E-state index in [1.807, 2.05) is 0 Å². The van der Waals surface area contributed by atoms with Crippen LogP contribution in [0.2, 0.25) is 0 Å². The van der Waals surface area contributed by atoms with Crippen LogP contribution in [0.15, 0.2) is 229 Å². The van der Waals surface area contributed by atoms with Crippen LogP contribution < -0.4 is 0 Å². The highest BCUT2D eigenvalue weighted by molar-refractivity contribution is 6.18. The number of nitrogens with zero attached hydrogens (tertiary/aromatic N) is 5. The third kappa shape index (κ3) is 5.76. The van der Waals surface area contributed by atoms with Gasteiger partial charge >= 0.3 is 0 Å². The zero-order valence-electron chi connectivity index (χ0n) is 37.0. The maximum atomic E-state index is 7.00. The fourth-order valence-corrected chi connectivity index (χ4v) is 11.0. The van der Waals surface area contributed by atoms with E-state index < -0.39 is 0 Å². The summed E-state index contributed by atoms with van der Waals surface area (Å²) >= 11 is 0. The molecule has 0 fully saturated rings. The van der Waals surface area contributed by atoms with Crippen LogP contribution in [-0.4, -0.2) is 24.1 Å². The Morgan fingerprint density at radius 3 is 1.62 bits per heavy atom.